The summed E-state index contributed by atoms with van der Waals surface area (Å²) >= 11 is 0. The Morgan fingerprint density at radius 2 is 2.11 bits per heavy atom. The third kappa shape index (κ3) is 4.63. The van der Waals surface area contributed by atoms with E-state index in [9.17, 15) is 0 Å². The molecule has 2 nitrogen and oxygen atoms in total. The summed E-state index contributed by atoms with van der Waals surface area (Å²) in [6, 6.07) is 6.81. The van der Waals surface area contributed by atoms with Crippen LogP contribution in [0.15, 0.2) is 18.2 Å². The molecule has 1 aromatic rings. The zero-order chi connectivity index (χ0) is 13.7. The molecule has 0 bridgehead atoms. The summed E-state index contributed by atoms with van der Waals surface area (Å²) in [4.78, 5) is 2.48. The van der Waals surface area contributed by atoms with Gasteiger partial charge in [-0.3, -0.25) is 0 Å². The van der Waals surface area contributed by atoms with Crippen molar-refractivity contribution < 1.29 is 0 Å². The highest BCUT2D eigenvalue weighted by molar-refractivity contribution is 5.30. The lowest BCUT2D eigenvalue weighted by atomic mass is 10.0. The van der Waals surface area contributed by atoms with E-state index in [-0.39, 0.29) is 0 Å². The molecular formula is C17H28N2. The van der Waals surface area contributed by atoms with Crippen molar-refractivity contribution in [2.45, 2.75) is 33.1 Å². The largest absolute Gasteiger partial charge is 0.316 e. The molecule has 1 aromatic carbocycles. The van der Waals surface area contributed by atoms with Gasteiger partial charge in [0.2, 0.25) is 0 Å². The SMILES string of the molecule is Cc1ccc(CCN(C)CCC2CCNC2)c(C)c1. The van der Waals surface area contributed by atoms with Gasteiger partial charge in [0.25, 0.3) is 0 Å². The summed E-state index contributed by atoms with van der Waals surface area (Å²) in [5.41, 5.74) is 4.30. The van der Waals surface area contributed by atoms with Gasteiger partial charge >= 0.3 is 0 Å². The maximum Gasteiger partial charge on any atom is 0.00189 e. The Labute approximate surface area is 118 Å². The van der Waals surface area contributed by atoms with Crippen molar-refractivity contribution in [3.8, 4) is 0 Å². The van der Waals surface area contributed by atoms with Crippen molar-refractivity contribution in [3.05, 3.63) is 34.9 Å². The minimum absolute atomic E-state index is 0.906. The van der Waals surface area contributed by atoms with Gasteiger partial charge in [-0.1, -0.05) is 23.8 Å². The van der Waals surface area contributed by atoms with Gasteiger partial charge in [0.05, 0.1) is 0 Å². The third-order valence-electron chi connectivity index (χ3n) is 4.34. The number of rotatable bonds is 6. The molecule has 2 heteroatoms. The summed E-state index contributed by atoms with van der Waals surface area (Å²) < 4.78 is 0. The van der Waals surface area contributed by atoms with E-state index in [2.05, 4.69) is 49.3 Å². The lowest BCUT2D eigenvalue weighted by Crippen LogP contribution is -2.25. The molecule has 0 radical (unpaired) electrons. The fraction of sp³-hybridized carbons (Fsp3) is 0.647. The van der Waals surface area contributed by atoms with Gasteiger partial charge in [0.1, 0.15) is 0 Å². The molecule has 0 saturated carbocycles. The number of hydrogen-bond donors (Lipinski definition) is 1. The van der Waals surface area contributed by atoms with Crippen molar-refractivity contribution in [1.82, 2.24) is 10.2 Å². The van der Waals surface area contributed by atoms with Crippen LogP contribution < -0.4 is 5.32 Å². The van der Waals surface area contributed by atoms with Gasteiger partial charge in [-0.2, -0.15) is 0 Å². The number of hydrogen-bond acceptors (Lipinski definition) is 2. The molecule has 1 saturated heterocycles. The molecular weight excluding hydrogens is 232 g/mol. The monoisotopic (exact) mass is 260 g/mol. The van der Waals surface area contributed by atoms with Crippen molar-refractivity contribution >= 4 is 0 Å². The first-order valence-electron chi connectivity index (χ1n) is 7.60. The lowest BCUT2D eigenvalue weighted by molar-refractivity contribution is 0.308. The summed E-state index contributed by atoms with van der Waals surface area (Å²) in [6.45, 7) is 9.24. The fourth-order valence-electron chi connectivity index (χ4n) is 2.91. The van der Waals surface area contributed by atoms with Crippen molar-refractivity contribution in [2.75, 3.05) is 33.2 Å². The van der Waals surface area contributed by atoms with E-state index in [1.807, 2.05) is 0 Å². The predicted molar refractivity (Wildman–Crippen MR) is 82.7 cm³/mol. The van der Waals surface area contributed by atoms with Crippen molar-refractivity contribution in [1.29, 1.82) is 0 Å². The minimum atomic E-state index is 0.906. The van der Waals surface area contributed by atoms with Crippen LogP contribution in [0.4, 0.5) is 0 Å². The van der Waals surface area contributed by atoms with Crippen LogP contribution in [-0.4, -0.2) is 38.1 Å². The first-order valence-corrected chi connectivity index (χ1v) is 7.60. The van der Waals surface area contributed by atoms with E-state index in [0.717, 1.165) is 5.92 Å². The van der Waals surface area contributed by atoms with Crippen LogP contribution in [-0.2, 0) is 6.42 Å². The quantitative estimate of drug-likeness (QED) is 0.846. The summed E-state index contributed by atoms with van der Waals surface area (Å²) in [7, 11) is 2.26. The summed E-state index contributed by atoms with van der Waals surface area (Å²) in [5.74, 6) is 0.906. The van der Waals surface area contributed by atoms with Gasteiger partial charge in [0.15, 0.2) is 0 Å². The number of nitrogens with one attached hydrogen (secondary N) is 1. The molecule has 1 atom stereocenters. The molecule has 2 rings (SSSR count). The Bertz CT molecular complexity index is 394. The standard InChI is InChI=1S/C17H28N2/c1-14-4-5-17(15(2)12-14)8-11-19(3)10-7-16-6-9-18-13-16/h4-5,12,16,18H,6-11,13H2,1-3H3. The molecule has 0 amide bonds. The van der Waals surface area contributed by atoms with Crippen LogP contribution >= 0.6 is 0 Å². The van der Waals surface area contributed by atoms with Crippen LogP contribution in [0, 0.1) is 19.8 Å². The van der Waals surface area contributed by atoms with E-state index in [0.29, 0.717) is 0 Å². The topological polar surface area (TPSA) is 15.3 Å². The average molecular weight is 260 g/mol. The van der Waals surface area contributed by atoms with Gasteiger partial charge in [-0.15, -0.1) is 0 Å². The fourth-order valence-corrected chi connectivity index (χ4v) is 2.91. The third-order valence-corrected chi connectivity index (χ3v) is 4.34. The summed E-state index contributed by atoms with van der Waals surface area (Å²) in [5, 5.41) is 3.45. The van der Waals surface area contributed by atoms with Crippen LogP contribution in [0.5, 0.6) is 0 Å². The maximum atomic E-state index is 3.45. The van der Waals surface area contributed by atoms with Gasteiger partial charge in [-0.05, 0) is 76.8 Å². The van der Waals surface area contributed by atoms with Crippen LogP contribution in [0.3, 0.4) is 0 Å². The Morgan fingerprint density at radius 3 is 2.79 bits per heavy atom. The second-order valence-corrected chi connectivity index (χ2v) is 6.13. The normalized spacial score (nSPS) is 19.3. The Balaban J connectivity index is 1.71. The van der Waals surface area contributed by atoms with Crippen molar-refractivity contribution in [3.63, 3.8) is 0 Å². The predicted octanol–water partition coefficient (Wildman–Crippen LogP) is 2.78. The lowest BCUT2D eigenvalue weighted by Gasteiger charge is -2.19. The average Bonchev–Trinajstić information content (AvgIpc) is 2.88. The molecule has 1 fully saturated rings. The number of aryl methyl sites for hydroxylation is 2. The molecule has 0 spiro atoms. The zero-order valence-corrected chi connectivity index (χ0v) is 12.7. The highest BCUT2D eigenvalue weighted by Crippen LogP contribution is 2.14. The molecule has 106 valence electrons. The van der Waals surface area contributed by atoms with Crippen molar-refractivity contribution in [2.24, 2.45) is 5.92 Å². The number of likely N-dealkylation sites (N-methyl/N-ethyl adjacent to an activating group) is 1. The van der Waals surface area contributed by atoms with Crippen LogP contribution in [0.1, 0.15) is 29.5 Å². The highest BCUT2D eigenvalue weighted by Gasteiger charge is 2.14. The molecule has 1 heterocycles. The zero-order valence-electron chi connectivity index (χ0n) is 12.7. The first kappa shape index (κ1) is 14.5. The first-order chi connectivity index (χ1) is 9.15. The molecule has 1 unspecified atom stereocenters. The van der Waals surface area contributed by atoms with Crippen LogP contribution in [0.25, 0.3) is 0 Å². The Kier molecular flexibility index (Phi) is 5.41. The maximum absolute atomic E-state index is 3.45. The molecule has 0 aliphatic carbocycles. The molecule has 1 N–H and O–H groups in total. The van der Waals surface area contributed by atoms with E-state index < -0.39 is 0 Å². The van der Waals surface area contributed by atoms with Gasteiger partial charge in [0, 0.05) is 6.54 Å². The second-order valence-electron chi connectivity index (χ2n) is 6.13. The highest BCUT2D eigenvalue weighted by atomic mass is 15.1. The summed E-state index contributed by atoms with van der Waals surface area (Å²) in [6.07, 6.45) is 3.88. The smallest absolute Gasteiger partial charge is 0.00189 e. The van der Waals surface area contributed by atoms with E-state index in [1.165, 1.54) is 62.1 Å². The second kappa shape index (κ2) is 7.06. The van der Waals surface area contributed by atoms with E-state index in [4.69, 9.17) is 0 Å². The van der Waals surface area contributed by atoms with Gasteiger partial charge in [-0.25, -0.2) is 0 Å². The van der Waals surface area contributed by atoms with E-state index in [1.54, 1.807) is 0 Å². The number of benzene rings is 1. The van der Waals surface area contributed by atoms with Gasteiger partial charge < -0.3 is 10.2 Å². The minimum Gasteiger partial charge on any atom is -0.316 e. The molecule has 1 aliphatic heterocycles. The van der Waals surface area contributed by atoms with Crippen LogP contribution in [0.2, 0.25) is 0 Å². The number of nitrogens with zero attached hydrogens (tertiary/aromatic N) is 1. The Hall–Kier alpha value is -0.860. The Morgan fingerprint density at radius 1 is 1.26 bits per heavy atom. The van der Waals surface area contributed by atoms with E-state index >= 15 is 0 Å². The molecule has 19 heavy (non-hydrogen) atoms. The molecule has 0 aromatic heterocycles. The molecule has 1 aliphatic rings.